The Hall–Kier alpha value is -3.23. The van der Waals surface area contributed by atoms with Crippen LogP contribution in [-0.4, -0.2) is 9.97 Å². The van der Waals surface area contributed by atoms with Gasteiger partial charge < -0.3 is 0 Å². The molecule has 0 amide bonds. The van der Waals surface area contributed by atoms with Crippen LogP contribution in [0.1, 0.15) is 38.2 Å². The fourth-order valence-corrected chi connectivity index (χ4v) is 5.80. The van der Waals surface area contributed by atoms with E-state index in [4.69, 9.17) is 0 Å². The molecule has 0 aliphatic carbocycles. The van der Waals surface area contributed by atoms with Gasteiger partial charge in [-0.25, -0.2) is 9.97 Å². The summed E-state index contributed by atoms with van der Waals surface area (Å²) in [6.07, 6.45) is -9.00. The van der Waals surface area contributed by atoms with Gasteiger partial charge in [-0.2, -0.15) is 31.6 Å². The zero-order valence-corrected chi connectivity index (χ0v) is 19.8. The van der Waals surface area contributed by atoms with Crippen molar-refractivity contribution in [3.05, 3.63) is 80.8 Å². The summed E-state index contributed by atoms with van der Waals surface area (Å²) < 4.78 is 78.7. The number of benzene rings is 2. The molecular formula is C24H15F6N3S2. The van der Waals surface area contributed by atoms with E-state index in [1.165, 1.54) is 24.3 Å². The van der Waals surface area contributed by atoms with Gasteiger partial charge in [0.05, 0.1) is 38.3 Å². The maximum absolute atomic E-state index is 13.1. The zero-order valence-electron chi connectivity index (χ0n) is 18.1. The highest BCUT2D eigenvalue weighted by Crippen LogP contribution is 2.42. The van der Waals surface area contributed by atoms with Gasteiger partial charge >= 0.3 is 12.4 Å². The second-order valence-corrected chi connectivity index (χ2v) is 9.72. The normalized spacial score (nSPS) is 12.2. The molecular weight excluding hydrogens is 508 g/mol. The Labute approximate surface area is 204 Å². The molecule has 180 valence electrons. The van der Waals surface area contributed by atoms with Gasteiger partial charge in [0.2, 0.25) is 0 Å². The lowest BCUT2D eigenvalue weighted by Crippen LogP contribution is -2.04. The third-order valence-electron chi connectivity index (χ3n) is 5.19. The van der Waals surface area contributed by atoms with Crippen LogP contribution in [0.5, 0.6) is 0 Å². The topological polar surface area (TPSA) is 49.6 Å². The second kappa shape index (κ2) is 9.09. The number of alkyl halides is 6. The number of aryl methyl sites for hydroxylation is 2. The minimum absolute atomic E-state index is 0.279. The third-order valence-corrected chi connectivity index (χ3v) is 7.73. The molecule has 2 aromatic carbocycles. The third kappa shape index (κ3) is 5.09. The van der Waals surface area contributed by atoms with Crippen LogP contribution in [0, 0.1) is 25.2 Å². The van der Waals surface area contributed by atoms with Crippen molar-refractivity contribution in [2.75, 3.05) is 0 Å². The number of rotatable bonds is 4. The highest BCUT2D eigenvalue weighted by Gasteiger charge is 2.32. The Morgan fingerprint density at radius 3 is 1.49 bits per heavy atom. The molecule has 0 saturated heterocycles. The molecule has 3 nitrogen and oxygen atoms in total. The van der Waals surface area contributed by atoms with Crippen molar-refractivity contribution in [3.63, 3.8) is 0 Å². The average Bonchev–Trinajstić information content (AvgIpc) is 3.37. The first-order chi connectivity index (χ1) is 16.4. The fraction of sp³-hybridized carbons (Fsp3) is 0.208. The molecule has 0 saturated carbocycles. The summed E-state index contributed by atoms with van der Waals surface area (Å²) >= 11 is 2.22. The first kappa shape index (κ1) is 24.9. The summed E-state index contributed by atoms with van der Waals surface area (Å²) in [5.41, 5.74) is -0.0663. The summed E-state index contributed by atoms with van der Waals surface area (Å²) in [6.45, 7) is 3.33. The summed E-state index contributed by atoms with van der Waals surface area (Å²) in [6, 6.07) is 11.8. The SMILES string of the molecule is Cc1nc(-c2cccc(C(F)(F)F)c2)sc1C(C#N)c1sc(-c2cccc(C(F)(F)F)c2)nc1C. The van der Waals surface area contributed by atoms with E-state index in [0.717, 1.165) is 46.9 Å². The standard InChI is InChI=1S/C24H15F6N3S2/c1-12-19(34-21(32-12)14-5-3-7-16(9-14)23(25,26)27)18(11-31)20-13(2)33-22(35-20)15-6-4-8-17(10-15)24(28,29)30/h3-10,18H,1-2H3. The van der Waals surface area contributed by atoms with Crippen LogP contribution in [0.25, 0.3) is 21.1 Å². The van der Waals surface area contributed by atoms with Gasteiger partial charge in [0.1, 0.15) is 15.9 Å². The molecule has 0 atom stereocenters. The van der Waals surface area contributed by atoms with E-state index in [-0.39, 0.29) is 11.1 Å². The largest absolute Gasteiger partial charge is 0.416 e. The number of nitriles is 1. The lowest BCUT2D eigenvalue weighted by atomic mass is 10.1. The van der Waals surface area contributed by atoms with Crippen LogP contribution < -0.4 is 0 Å². The van der Waals surface area contributed by atoms with Crippen molar-refractivity contribution < 1.29 is 26.3 Å². The smallest absolute Gasteiger partial charge is 0.241 e. The van der Waals surface area contributed by atoms with E-state index in [0.29, 0.717) is 31.2 Å². The molecule has 35 heavy (non-hydrogen) atoms. The Bertz CT molecular complexity index is 1320. The molecule has 0 aliphatic heterocycles. The summed E-state index contributed by atoms with van der Waals surface area (Å²) in [5, 5.41) is 10.6. The van der Waals surface area contributed by atoms with Crippen molar-refractivity contribution in [2.45, 2.75) is 32.1 Å². The van der Waals surface area contributed by atoms with Crippen molar-refractivity contribution in [3.8, 4) is 27.2 Å². The molecule has 0 N–H and O–H groups in total. The molecule has 0 fully saturated rings. The van der Waals surface area contributed by atoms with Gasteiger partial charge in [-0.1, -0.05) is 24.3 Å². The van der Waals surface area contributed by atoms with Crippen LogP contribution in [0.4, 0.5) is 26.3 Å². The number of hydrogen-bond acceptors (Lipinski definition) is 5. The summed E-state index contributed by atoms with van der Waals surface area (Å²) in [7, 11) is 0. The molecule has 4 rings (SSSR count). The van der Waals surface area contributed by atoms with Crippen LogP contribution in [0.3, 0.4) is 0 Å². The van der Waals surface area contributed by atoms with Gasteiger partial charge in [0.15, 0.2) is 0 Å². The van der Waals surface area contributed by atoms with E-state index < -0.39 is 29.4 Å². The minimum atomic E-state index is -4.50. The average molecular weight is 524 g/mol. The van der Waals surface area contributed by atoms with Gasteiger partial charge in [0, 0.05) is 11.1 Å². The minimum Gasteiger partial charge on any atom is -0.241 e. The predicted molar refractivity (Wildman–Crippen MR) is 122 cm³/mol. The van der Waals surface area contributed by atoms with Crippen LogP contribution in [0.2, 0.25) is 0 Å². The molecule has 2 heterocycles. The summed E-state index contributed by atoms with van der Waals surface area (Å²) in [4.78, 5) is 9.87. The Balaban J connectivity index is 1.72. The molecule has 0 unspecified atom stereocenters. The Kier molecular flexibility index (Phi) is 6.46. The van der Waals surface area contributed by atoms with Gasteiger partial charge in [-0.3, -0.25) is 0 Å². The first-order valence-corrected chi connectivity index (χ1v) is 11.7. The molecule has 0 radical (unpaired) electrons. The highest BCUT2D eigenvalue weighted by molar-refractivity contribution is 7.17. The van der Waals surface area contributed by atoms with Crippen molar-refractivity contribution in [1.29, 1.82) is 5.26 Å². The first-order valence-electron chi connectivity index (χ1n) is 10.1. The van der Waals surface area contributed by atoms with E-state index >= 15 is 0 Å². The number of halogens is 6. The lowest BCUT2D eigenvalue weighted by molar-refractivity contribution is -0.138. The van der Waals surface area contributed by atoms with Crippen molar-refractivity contribution >= 4 is 22.7 Å². The van der Waals surface area contributed by atoms with Crippen LogP contribution >= 0.6 is 22.7 Å². The number of hydrogen-bond donors (Lipinski definition) is 0. The van der Waals surface area contributed by atoms with E-state index in [1.807, 2.05) is 0 Å². The van der Waals surface area contributed by atoms with Crippen molar-refractivity contribution in [1.82, 2.24) is 9.97 Å². The quantitative estimate of drug-likeness (QED) is 0.253. The van der Waals surface area contributed by atoms with E-state index in [2.05, 4.69) is 16.0 Å². The lowest BCUT2D eigenvalue weighted by Gasteiger charge is -2.07. The van der Waals surface area contributed by atoms with Gasteiger partial charge in [-0.05, 0) is 38.1 Å². The van der Waals surface area contributed by atoms with Crippen LogP contribution in [-0.2, 0) is 12.4 Å². The number of thiazole rings is 2. The monoisotopic (exact) mass is 523 g/mol. The molecule has 4 aromatic rings. The maximum atomic E-state index is 13.1. The van der Waals surface area contributed by atoms with Crippen LogP contribution in [0.15, 0.2) is 48.5 Å². The predicted octanol–water partition coefficient (Wildman–Crippen LogP) is 8.24. The number of nitrogens with zero attached hydrogens (tertiary/aromatic N) is 3. The molecule has 0 aliphatic rings. The molecule has 0 spiro atoms. The van der Waals surface area contributed by atoms with E-state index in [9.17, 15) is 31.6 Å². The fourth-order valence-electron chi connectivity index (χ4n) is 3.49. The maximum Gasteiger partial charge on any atom is 0.416 e. The van der Waals surface area contributed by atoms with Crippen molar-refractivity contribution in [2.24, 2.45) is 0 Å². The summed E-state index contributed by atoms with van der Waals surface area (Å²) in [5.74, 6) is -0.816. The van der Waals surface area contributed by atoms with E-state index in [1.54, 1.807) is 13.8 Å². The molecule has 0 bridgehead atoms. The molecule has 2 aromatic heterocycles. The van der Waals surface area contributed by atoms with Gasteiger partial charge in [-0.15, -0.1) is 22.7 Å². The Morgan fingerprint density at radius 2 is 1.14 bits per heavy atom. The highest BCUT2D eigenvalue weighted by atomic mass is 32.1. The molecule has 11 heteroatoms. The zero-order chi connectivity index (χ0) is 25.5. The second-order valence-electron chi connectivity index (χ2n) is 7.66. The Morgan fingerprint density at radius 1 is 0.743 bits per heavy atom. The van der Waals surface area contributed by atoms with Gasteiger partial charge in [0.25, 0.3) is 0 Å². The number of aromatic nitrogens is 2.